The highest BCUT2D eigenvalue weighted by molar-refractivity contribution is 5.80. The van der Waals surface area contributed by atoms with Crippen molar-refractivity contribution in [3.8, 4) is 0 Å². The van der Waals surface area contributed by atoms with Crippen LogP contribution in [0.4, 0.5) is 0 Å². The lowest BCUT2D eigenvalue weighted by molar-refractivity contribution is -0.176. The van der Waals surface area contributed by atoms with Gasteiger partial charge in [0.15, 0.2) is 5.60 Å². The summed E-state index contributed by atoms with van der Waals surface area (Å²) in [5.41, 5.74) is -1.32. The Morgan fingerprint density at radius 1 is 1.16 bits per heavy atom. The molecular formula is C16H30O3. The third kappa shape index (κ3) is 3.50. The summed E-state index contributed by atoms with van der Waals surface area (Å²) in [6.07, 6.45) is 5.26. The standard InChI is InChI=1S/C16H30O3/c1-11(2)13-7-6-8-14(10-9-13)16(18,12(3)4)15(17)19-5/h11-14,18H,6-10H2,1-5H3. The number of esters is 1. The predicted molar refractivity (Wildman–Crippen MR) is 76.7 cm³/mol. The fraction of sp³-hybridized carbons (Fsp3) is 0.938. The van der Waals surface area contributed by atoms with Crippen LogP contribution in [0.1, 0.15) is 59.8 Å². The number of carbonyl (C=O) groups excluding carboxylic acids is 1. The Morgan fingerprint density at radius 2 is 1.79 bits per heavy atom. The molecule has 0 aromatic rings. The first-order chi connectivity index (χ1) is 8.83. The van der Waals surface area contributed by atoms with Crippen LogP contribution in [0, 0.1) is 23.7 Å². The van der Waals surface area contributed by atoms with Crippen molar-refractivity contribution in [2.24, 2.45) is 23.7 Å². The third-order valence-corrected chi connectivity index (χ3v) is 4.97. The zero-order valence-electron chi connectivity index (χ0n) is 13.1. The van der Waals surface area contributed by atoms with Crippen LogP contribution in [0.5, 0.6) is 0 Å². The second kappa shape index (κ2) is 6.74. The Hall–Kier alpha value is -0.570. The van der Waals surface area contributed by atoms with Gasteiger partial charge in [-0.2, -0.15) is 0 Å². The highest BCUT2D eigenvalue weighted by atomic mass is 16.5. The number of hydrogen-bond donors (Lipinski definition) is 1. The van der Waals surface area contributed by atoms with Crippen molar-refractivity contribution in [2.45, 2.75) is 65.4 Å². The molecule has 0 bridgehead atoms. The van der Waals surface area contributed by atoms with Crippen LogP contribution in [0.3, 0.4) is 0 Å². The highest BCUT2D eigenvalue weighted by Gasteiger charge is 2.47. The molecule has 1 aliphatic carbocycles. The second-order valence-electron chi connectivity index (χ2n) is 6.68. The molecule has 0 radical (unpaired) electrons. The van der Waals surface area contributed by atoms with E-state index in [1.807, 2.05) is 13.8 Å². The molecular weight excluding hydrogens is 240 g/mol. The van der Waals surface area contributed by atoms with E-state index in [0.717, 1.165) is 31.6 Å². The lowest BCUT2D eigenvalue weighted by Gasteiger charge is -2.36. The van der Waals surface area contributed by atoms with Crippen LogP contribution in [-0.4, -0.2) is 23.8 Å². The van der Waals surface area contributed by atoms with Crippen LogP contribution < -0.4 is 0 Å². The summed E-state index contributed by atoms with van der Waals surface area (Å²) in [4.78, 5) is 12.0. The summed E-state index contributed by atoms with van der Waals surface area (Å²) < 4.78 is 4.86. The van der Waals surface area contributed by atoms with Crippen LogP contribution >= 0.6 is 0 Å². The van der Waals surface area contributed by atoms with Crippen molar-refractivity contribution < 1.29 is 14.6 Å². The van der Waals surface area contributed by atoms with Gasteiger partial charge in [0.1, 0.15) is 0 Å². The van der Waals surface area contributed by atoms with Gasteiger partial charge in [-0.15, -0.1) is 0 Å². The Bertz CT molecular complexity index is 298. The van der Waals surface area contributed by atoms with Gasteiger partial charge in [0.2, 0.25) is 0 Å². The minimum Gasteiger partial charge on any atom is -0.467 e. The van der Waals surface area contributed by atoms with E-state index >= 15 is 0 Å². The number of carbonyl (C=O) groups is 1. The first-order valence-electron chi connectivity index (χ1n) is 7.64. The molecule has 0 heterocycles. The lowest BCUT2D eigenvalue weighted by atomic mass is 9.74. The molecule has 0 amide bonds. The maximum Gasteiger partial charge on any atom is 0.338 e. The van der Waals surface area contributed by atoms with Crippen LogP contribution in [0.25, 0.3) is 0 Å². The number of aliphatic hydroxyl groups is 1. The van der Waals surface area contributed by atoms with Gasteiger partial charge in [0.05, 0.1) is 7.11 Å². The summed E-state index contributed by atoms with van der Waals surface area (Å²) in [5, 5.41) is 10.9. The van der Waals surface area contributed by atoms with Crippen LogP contribution in [-0.2, 0) is 9.53 Å². The minimum atomic E-state index is -1.32. The van der Waals surface area contributed by atoms with E-state index in [4.69, 9.17) is 4.74 Å². The second-order valence-corrected chi connectivity index (χ2v) is 6.68. The van der Waals surface area contributed by atoms with E-state index in [2.05, 4.69) is 13.8 Å². The molecule has 0 aliphatic heterocycles. The van der Waals surface area contributed by atoms with E-state index in [1.54, 1.807) is 0 Å². The number of ether oxygens (including phenoxy) is 1. The van der Waals surface area contributed by atoms with Crippen LogP contribution in [0.2, 0.25) is 0 Å². The Morgan fingerprint density at radius 3 is 2.26 bits per heavy atom. The topological polar surface area (TPSA) is 46.5 Å². The van der Waals surface area contributed by atoms with Gasteiger partial charge < -0.3 is 9.84 Å². The normalized spacial score (nSPS) is 28.0. The smallest absolute Gasteiger partial charge is 0.338 e. The number of rotatable bonds is 4. The Kier molecular flexibility index (Phi) is 5.84. The van der Waals surface area contributed by atoms with E-state index < -0.39 is 11.6 Å². The summed E-state index contributed by atoms with van der Waals surface area (Å²) in [7, 11) is 1.36. The van der Waals surface area contributed by atoms with Gasteiger partial charge in [-0.25, -0.2) is 4.79 Å². The van der Waals surface area contributed by atoms with Gasteiger partial charge in [-0.3, -0.25) is 0 Å². The summed E-state index contributed by atoms with van der Waals surface area (Å²) in [6, 6.07) is 0. The average Bonchev–Trinajstić information content (AvgIpc) is 2.62. The molecule has 112 valence electrons. The SMILES string of the molecule is COC(=O)C(O)(C(C)C)C1CCCC(C(C)C)CC1. The molecule has 1 saturated carbocycles. The quantitative estimate of drug-likeness (QED) is 0.629. The molecule has 3 heteroatoms. The molecule has 3 atom stereocenters. The molecule has 0 saturated heterocycles. The first-order valence-corrected chi connectivity index (χ1v) is 7.64. The van der Waals surface area contributed by atoms with E-state index in [9.17, 15) is 9.90 Å². The van der Waals surface area contributed by atoms with Crippen molar-refractivity contribution in [3.63, 3.8) is 0 Å². The molecule has 1 rings (SSSR count). The van der Waals surface area contributed by atoms with Crippen molar-refractivity contribution in [1.29, 1.82) is 0 Å². The zero-order chi connectivity index (χ0) is 14.6. The van der Waals surface area contributed by atoms with Crippen molar-refractivity contribution in [1.82, 2.24) is 0 Å². The highest BCUT2D eigenvalue weighted by Crippen LogP contribution is 2.40. The molecule has 1 N–H and O–H groups in total. The van der Waals surface area contributed by atoms with E-state index in [-0.39, 0.29) is 11.8 Å². The minimum absolute atomic E-state index is 0.0312. The number of hydrogen-bond acceptors (Lipinski definition) is 3. The molecule has 0 aromatic heterocycles. The fourth-order valence-electron chi connectivity index (χ4n) is 3.47. The zero-order valence-corrected chi connectivity index (χ0v) is 13.1. The maximum absolute atomic E-state index is 12.0. The van der Waals surface area contributed by atoms with Gasteiger partial charge >= 0.3 is 5.97 Å². The van der Waals surface area contributed by atoms with Crippen LogP contribution in [0.15, 0.2) is 0 Å². The Labute approximate surface area is 117 Å². The maximum atomic E-state index is 12.0. The summed E-state index contributed by atoms with van der Waals surface area (Å²) in [6.45, 7) is 8.34. The van der Waals surface area contributed by atoms with Crippen molar-refractivity contribution in [3.05, 3.63) is 0 Å². The monoisotopic (exact) mass is 270 g/mol. The summed E-state index contributed by atoms with van der Waals surface area (Å²) >= 11 is 0. The predicted octanol–water partition coefficient (Wildman–Crippen LogP) is 3.40. The van der Waals surface area contributed by atoms with Gasteiger partial charge in [0.25, 0.3) is 0 Å². The fourth-order valence-corrected chi connectivity index (χ4v) is 3.47. The first kappa shape index (κ1) is 16.5. The average molecular weight is 270 g/mol. The van der Waals surface area contributed by atoms with Crippen molar-refractivity contribution in [2.75, 3.05) is 7.11 Å². The van der Waals surface area contributed by atoms with Gasteiger partial charge in [0, 0.05) is 0 Å². The van der Waals surface area contributed by atoms with Gasteiger partial charge in [-0.05, 0) is 42.9 Å². The van der Waals surface area contributed by atoms with E-state index in [0.29, 0.717) is 5.92 Å². The molecule has 3 unspecified atom stereocenters. The molecule has 1 fully saturated rings. The van der Waals surface area contributed by atoms with Crippen molar-refractivity contribution >= 4 is 5.97 Å². The lowest BCUT2D eigenvalue weighted by Crippen LogP contribution is -2.51. The largest absolute Gasteiger partial charge is 0.467 e. The number of methoxy groups -OCH3 is 1. The molecule has 0 spiro atoms. The van der Waals surface area contributed by atoms with Gasteiger partial charge in [-0.1, -0.05) is 40.5 Å². The molecule has 0 aromatic carbocycles. The summed E-state index contributed by atoms with van der Waals surface area (Å²) in [5.74, 6) is 0.864. The molecule has 1 aliphatic rings. The molecule has 19 heavy (non-hydrogen) atoms. The third-order valence-electron chi connectivity index (χ3n) is 4.97. The molecule has 3 nitrogen and oxygen atoms in total. The van der Waals surface area contributed by atoms with E-state index in [1.165, 1.54) is 13.5 Å². The Balaban J connectivity index is 2.84.